The summed E-state index contributed by atoms with van der Waals surface area (Å²) in [5.41, 5.74) is 2.56. The lowest BCUT2D eigenvalue weighted by molar-refractivity contribution is 0.0776. The summed E-state index contributed by atoms with van der Waals surface area (Å²) in [7, 11) is 0. The van der Waals surface area contributed by atoms with Gasteiger partial charge in [0.05, 0.1) is 12.6 Å². The molecule has 0 bridgehead atoms. The van der Waals surface area contributed by atoms with Gasteiger partial charge in [-0.05, 0) is 57.6 Å². The van der Waals surface area contributed by atoms with Crippen molar-refractivity contribution in [3.8, 4) is 0 Å². The lowest BCUT2D eigenvalue weighted by Crippen LogP contribution is -2.38. The largest absolute Gasteiger partial charge is 0.379 e. The van der Waals surface area contributed by atoms with Crippen LogP contribution in [0.3, 0.4) is 0 Å². The van der Waals surface area contributed by atoms with E-state index in [4.69, 9.17) is 9.73 Å². The SMILES string of the molecule is CCNC(=NCc1ccc(C)cc1SC)NCCCOC(C)C.I. The van der Waals surface area contributed by atoms with E-state index in [9.17, 15) is 0 Å². The number of ether oxygens (including phenoxy) is 1. The van der Waals surface area contributed by atoms with Crippen molar-refractivity contribution in [2.75, 3.05) is 26.0 Å². The van der Waals surface area contributed by atoms with Gasteiger partial charge in [0.15, 0.2) is 5.96 Å². The first-order valence-electron chi connectivity index (χ1n) is 8.34. The number of aryl methyl sites for hydroxylation is 1. The minimum Gasteiger partial charge on any atom is -0.379 e. The number of nitrogens with zero attached hydrogens (tertiary/aromatic N) is 1. The predicted molar refractivity (Wildman–Crippen MR) is 117 cm³/mol. The first kappa shape index (κ1) is 23.5. The Morgan fingerprint density at radius 3 is 2.67 bits per heavy atom. The molecular weight excluding hydrogens is 433 g/mol. The molecule has 0 fully saturated rings. The van der Waals surface area contributed by atoms with Crippen LogP contribution in [-0.4, -0.2) is 38.0 Å². The molecule has 0 saturated carbocycles. The number of nitrogens with one attached hydrogen (secondary N) is 2. The van der Waals surface area contributed by atoms with Crippen LogP contribution in [0.5, 0.6) is 0 Å². The molecule has 0 saturated heterocycles. The van der Waals surface area contributed by atoms with Crippen molar-refractivity contribution in [1.82, 2.24) is 10.6 Å². The first-order valence-corrected chi connectivity index (χ1v) is 9.56. The zero-order valence-electron chi connectivity index (χ0n) is 15.5. The standard InChI is InChI=1S/C18H31N3OS.HI/c1-6-19-18(20-10-7-11-22-14(2)3)21-13-16-9-8-15(4)12-17(16)23-5;/h8-9,12,14H,6-7,10-11,13H2,1-5H3,(H2,19,20,21);1H. The Morgan fingerprint density at radius 1 is 1.29 bits per heavy atom. The van der Waals surface area contributed by atoms with Gasteiger partial charge in [0.1, 0.15) is 0 Å². The molecular formula is C18H32IN3OS. The number of aliphatic imine (C=N–C) groups is 1. The van der Waals surface area contributed by atoms with E-state index in [1.165, 1.54) is 16.0 Å². The highest BCUT2D eigenvalue weighted by Gasteiger charge is 2.03. The van der Waals surface area contributed by atoms with Crippen LogP contribution in [0, 0.1) is 6.92 Å². The zero-order valence-corrected chi connectivity index (χ0v) is 18.7. The molecule has 0 heterocycles. The third kappa shape index (κ3) is 9.74. The number of halogens is 1. The maximum atomic E-state index is 5.55. The summed E-state index contributed by atoms with van der Waals surface area (Å²) in [4.78, 5) is 6.00. The first-order chi connectivity index (χ1) is 11.1. The monoisotopic (exact) mass is 465 g/mol. The number of hydrogen-bond acceptors (Lipinski definition) is 3. The summed E-state index contributed by atoms with van der Waals surface area (Å²) in [6, 6.07) is 6.54. The summed E-state index contributed by atoms with van der Waals surface area (Å²) in [5, 5.41) is 6.66. The molecule has 138 valence electrons. The predicted octanol–water partition coefficient (Wildman–Crippen LogP) is 4.21. The zero-order chi connectivity index (χ0) is 17.1. The minimum absolute atomic E-state index is 0. The normalized spacial score (nSPS) is 11.3. The molecule has 1 aromatic rings. The summed E-state index contributed by atoms with van der Waals surface area (Å²) in [6.07, 6.45) is 3.38. The van der Waals surface area contributed by atoms with E-state index in [-0.39, 0.29) is 24.0 Å². The lowest BCUT2D eigenvalue weighted by Gasteiger charge is -2.13. The van der Waals surface area contributed by atoms with E-state index in [0.717, 1.165) is 32.1 Å². The highest BCUT2D eigenvalue weighted by Crippen LogP contribution is 2.22. The van der Waals surface area contributed by atoms with E-state index in [1.54, 1.807) is 11.8 Å². The van der Waals surface area contributed by atoms with Crippen LogP contribution in [0.15, 0.2) is 28.1 Å². The van der Waals surface area contributed by atoms with E-state index < -0.39 is 0 Å². The Balaban J connectivity index is 0.00000529. The molecule has 6 heteroatoms. The highest BCUT2D eigenvalue weighted by molar-refractivity contribution is 14.0. The van der Waals surface area contributed by atoms with Gasteiger partial charge in [0, 0.05) is 24.6 Å². The molecule has 0 aromatic heterocycles. The van der Waals surface area contributed by atoms with E-state index in [1.807, 2.05) is 0 Å². The van der Waals surface area contributed by atoms with Gasteiger partial charge in [-0.3, -0.25) is 0 Å². The van der Waals surface area contributed by atoms with Crippen molar-refractivity contribution < 1.29 is 4.74 Å². The summed E-state index contributed by atoms with van der Waals surface area (Å²) in [6.45, 7) is 11.5. The van der Waals surface area contributed by atoms with Gasteiger partial charge < -0.3 is 15.4 Å². The van der Waals surface area contributed by atoms with Crippen molar-refractivity contribution >= 4 is 41.7 Å². The van der Waals surface area contributed by atoms with E-state index >= 15 is 0 Å². The molecule has 0 unspecified atom stereocenters. The molecule has 4 nitrogen and oxygen atoms in total. The topological polar surface area (TPSA) is 45.7 Å². The Bertz CT molecular complexity index is 495. The number of hydrogen-bond donors (Lipinski definition) is 2. The van der Waals surface area contributed by atoms with E-state index in [2.05, 4.69) is 62.8 Å². The molecule has 0 aliphatic heterocycles. The fraction of sp³-hybridized carbons (Fsp3) is 0.611. The average molecular weight is 465 g/mol. The molecule has 0 spiro atoms. The Hall–Kier alpha value is -0.470. The van der Waals surface area contributed by atoms with Crippen molar-refractivity contribution in [2.45, 2.75) is 51.7 Å². The fourth-order valence-corrected chi connectivity index (χ4v) is 2.78. The summed E-state index contributed by atoms with van der Waals surface area (Å²) in [5.74, 6) is 0.865. The Kier molecular flexibility index (Phi) is 13.5. The van der Waals surface area contributed by atoms with Gasteiger partial charge in [-0.15, -0.1) is 35.7 Å². The molecule has 0 aliphatic rings. The summed E-state index contributed by atoms with van der Waals surface area (Å²) >= 11 is 1.78. The molecule has 0 atom stereocenters. The second-order valence-electron chi connectivity index (χ2n) is 5.71. The number of guanidine groups is 1. The van der Waals surface area contributed by atoms with Crippen molar-refractivity contribution in [2.24, 2.45) is 4.99 Å². The number of thioether (sulfide) groups is 1. The number of benzene rings is 1. The third-order valence-electron chi connectivity index (χ3n) is 3.26. The van der Waals surface area contributed by atoms with Gasteiger partial charge in [-0.25, -0.2) is 4.99 Å². The Labute approximate surface area is 168 Å². The quantitative estimate of drug-likeness (QED) is 0.189. The van der Waals surface area contributed by atoms with Gasteiger partial charge in [0.2, 0.25) is 0 Å². The Morgan fingerprint density at radius 2 is 2.04 bits per heavy atom. The molecule has 0 amide bonds. The third-order valence-corrected chi connectivity index (χ3v) is 4.08. The molecule has 2 N–H and O–H groups in total. The summed E-state index contributed by atoms with van der Waals surface area (Å²) < 4.78 is 5.55. The smallest absolute Gasteiger partial charge is 0.191 e. The second-order valence-corrected chi connectivity index (χ2v) is 6.56. The van der Waals surface area contributed by atoms with Gasteiger partial charge in [-0.2, -0.15) is 0 Å². The van der Waals surface area contributed by atoms with Crippen molar-refractivity contribution in [3.05, 3.63) is 29.3 Å². The minimum atomic E-state index is 0. The average Bonchev–Trinajstić information content (AvgIpc) is 2.52. The molecule has 0 radical (unpaired) electrons. The second kappa shape index (κ2) is 13.8. The van der Waals surface area contributed by atoms with Crippen LogP contribution in [0.1, 0.15) is 38.3 Å². The highest BCUT2D eigenvalue weighted by atomic mass is 127. The van der Waals surface area contributed by atoms with Crippen LogP contribution in [-0.2, 0) is 11.3 Å². The molecule has 0 aliphatic carbocycles. The fourth-order valence-electron chi connectivity index (χ4n) is 2.09. The van der Waals surface area contributed by atoms with Crippen molar-refractivity contribution in [1.29, 1.82) is 0 Å². The lowest BCUT2D eigenvalue weighted by atomic mass is 10.1. The van der Waals surface area contributed by atoms with Gasteiger partial charge >= 0.3 is 0 Å². The maximum absolute atomic E-state index is 5.55. The van der Waals surface area contributed by atoms with Crippen LogP contribution < -0.4 is 10.6 Å². The van der Waals surface area contributed by atoms with Crippen LogP contribution in [0.4, 0.5) is 0 Å². The molecule has 24 heavy (non-hydrogen) atoms. The van der Waals surface area contributed by atoms with Gasteiger partial charge in [-0.1, -0.05) is 12.1 Å². The van der Waals surface area contributed by atoms with Crippen LogP contribution in [0.25, 0.3) is 0 Å². The van der Waals surface area contributed by atoms with E-state index in [0.29, 0.717) is 12.6 Å². The van der Waals surface area contributed by atoms with Crippen LogP contribution in [0.2, 0.25) is 0 Å². The number of rotatable bonds is 9. The maximum Gasteiger partial charge on any atom is 0.191 e. The van der Waals surface area contributed by atoms with Gasteiger partial charge in [0.25, 0.3) is 0 Å². The van der Waals surface area contributed by atoms with Crippen molar-refractivity contribution in [3.63, 3.8) is 0 Å². The van der Waals surface area contributed by atoms with Crippen LogP contribution >= 0.6 is 35.7 Å². The molecule has 1 rings (SSSR count). The molecule has 1 aromatic carbocycles.